The van der Waals surface area contributed by atoms with Crippen LogP contribution in [0.25, 0.3) is 0 Å². The molecule has 0 aliphatic rings. The minimum Gasteiger partial charge on any atom is -0.395 e. The van der Waals surface area contributed by atoms with Crippen LogP contribution in [-0.2, 0) is 0 Å². The van der Waals surface area contributed by atoms with E-state index in [1.807, 2.05) is 0 Å². The molecule has 18 heavy (non-hydrogen) atoms. The maximum atomic E-state index is 11.0. The maximum absolute atomic E-state index is 11.0. The predicted octanol–water partition coefficient (Wildman–Crippen LogP) is 0.138. The second-order valence-electron chi connectivity index (χ2n) is 3.44. The summed E-state index contributed by atoms with van der Waals surface area (Å²) in [7, 11) is 0. The molecule has 1 aromatic rings. The van der Waals surface area contributed by atoms with Gasteiger partial charge in [-0.15, -0.1) is 0 Å². The normalized spacial score (nSPS) is 10.4. The van der Waals surface area contributed by atoms with Crippen molar-refractivity contribution in [2.75, 3.05) is 31.2 Å². The highest BCUT2D eigenvalue weighted by molar-refractivity contribution is 6.28. The van der Waals surface area contributed by atoms with Crippen LogP contribution in [-0.4, -0.2) is 51.4 Å². The molecular weight excluding hydrogens is 264 g/mol. The lowest BCUT2D eigenvalue weighted by Crippen LogP contribution is -2.31. The van der Waals surface area contributed by atoms with Gasteiger partial charge in [-0.3, -0.25) is 10.1 Å². The van der Waals surface area contributed by atoms with E-state index in [0.29, 0.717) is 0 Å². The van der Waals surface area contributed by atoms with Crippen molar-refractivity contribution < 1.29 is 15.1 Å². The van der Waals surface area contributed by atoms with E-state index >= 15 is 0 Å². The Morgan fingerprint density at radius 2 is 1.89 bits per heavy atom. The van der Waals surface area contributed by atoms with E-state index in [2.05, 4.69) is 9.97 Å². The van der Waals surface area contributed by atoms with Crippen molar-refractivity contribution in [3.63, 3.8) is 0 Å². The Labute approximate surface area is 108 Å². The molecule has 0 spiro atoms. The summed E-state index contributed by atoms with van der Waals surface area (Å²) in [5, 5.41) is 28.7. The Kier molecular flexibility index (Phi) is 5.20. The third-order valence-corrected chi connectivity index (χ3v) is 2.40. The molecule has 0 radical (unpaired) electrons. The zero-order valence-corrected chi connectivity index (χ0v) is 10.5. The Balaban J connectivity index is 3.29. The summed E-state index contributed by atoms with van der Waals surface area (Å²) in [6, 6.07) is 0. The van der Waals surface area contributed by atoms with Crippen molar-refractivity contribution in [3.8, 4) is 0 Å². The van der Waals surface area contributed by atoms with Crippen LogP contribution in [0.1, 0.15) is 5.69 Å². The molecule has 1 rings (SSSR count). The largest absolute Gasteiger partial charge is 0.395 e. The first kappa shape index (κ1) is 14.6. The van der Waals surface area contributed by atoms with E-state index < -0.39 is 4.92 Å². The molecule has 0 aliphatic carbocycles. The Morgan fingerprint density at radius 3 is 2.33 bits per heavy atom. The fourth-order valence-corrected chi connectivity index (χ4v) is 1.72. The van der Waals surface area contributed by atoms with Crippen LogP contribution in [0.3, 0.4) is 0 Å². The van der Waals surface area contributed by atoms with Crippen LogP contribution < -0.4 is 4.90 Å². The molecule has 1 heterocycles. The molecule has 0 saturated carbocycles. The van der Waals surface area contributed by atoms with Crippen molar-refractivity contribution >= 4 is 23.1 Å². The monoisotopic (exact) mass is 276 g/mol. The van der Waals surface area contributed by atoms with E-state index in [9.17, 15) is 10.1 Å². The van der Waals surface area contributed by atoms with Crippen molar-refractivity contribution in [2.45, 2.75) is 6.92 Å². The molecule has 8 nitrogen and oxygen atoms in total. The number of nitrogens with zero attached hydrogens (tertiary/aromatic N) is 4. The van der Waals surface area contributed by atoms with Crippen LogP contribution in [0.5, 0.6) is 0 Å². The Bertz CT molecular complexity index is 437. The first-order valence-electron chi connectivity index (χ1n) is 5.16. The standard InChI is InChI=1S/C9H13ClN4O4/c1-6-7(14(17)18)8(12-9(10)11-6)13(2-4-15)3-5-16/h15-16H,2-5H2,1H3. The number of aliphatic hydroxyl groups excluding tert-OH is 2. The van der Waals surface area contributed by atoms with Gasteiger partial charge in [0.05, 0.1) is 18.1 Å². The van der Waals surface area contributed by atoms with Gasteiger partial charge >= 0.3 is 5.69 Å². The number of hydrogen-bond donors (Lipinski definition) is 2. The van der Waals surface area contributed by atoms with Crippen molar-refractivity contribution in [3.05, 3.63) is 21.1 Å². The Hall–Kier alpha value is -1.51. The van der Waals surface area contributed by atoms with Gasteiger partial charge in [-0.05, 0) is 18.5 Å². The number of halogens is 1. The molecule has 0 saturated heterocycles. The lowest BCUT2D eigenvalue weighted by Gasteiger charge is -2.21. The van der Waals surface area contributed by atoms with Gasteiger partial charge < -0.3 is 15.1 Å². The van der Waals surface area contributed by atoms with Gasteiger partial charge in [0.15, 0.2) is 0 Å². The third kappa shape index (κ3) is 3.25. The molecule has 0 bridgehead atoms. The summed E-state index contributed by atoms with van der Waals surface area (Å²) in [6.45, 7) is 1.21. The molecule has 0 unspecified atom stereocenters. The second-order valence-corrected chi connectivity index (χ2v) is 3.78. The van der Waals surface area contributed by atoms with Gasteiger partial charge in [0.2, 0.25) is 11.1 Å². The second kappa shape index (κ2) is 6.43. The highest BCUT2D eigenvalue weighted by atomic mass is 35.5. The summed E-state index contributed by atoms with van der Waals surface area (Å²) in [5.74, 6) is 0.000556. The smallest absolute Gasteiger partial charge is 0.332 e. The van der Waals surface area contributed by atoms with Crippen LogP contribution in [0.4, 0.5) is 11.5 Å². The molecule has 9 heteroatoms. The van der Waals surface area contributed by atoms with E-state index in [-0.39, 0.29) is 48.8 Å². The summed E-state index contributed by atoms with van der Waals surface area (Å²) < 4.78 is 0. The summed E-state index contributed by atoms with van der Waals surface area (Å²) in [5.41, 5.74) is -0.142. The molecular formula is C9H13ClN4O4. The van der Waals surface area contributed by atoms with E-state index in [0.717, 1.165) is 0 Å². The highest BCUT2D eigenvalue weighted by Crippen LogP contribution is 2.29. The number of hydrogen-bond acceptors (Lipinski definition) is 7. The molecule has 100 valence electrons. The fourth-order valence-electron chi connectivity index (χ4n) is 1.52. The molecule has 1 aromatic heterocycles. The molecule has 0 aliphatic heterocycles. The number of aliphatic hydroxyl groups is 2. The van der Waals surface area contributed by atoms with Gasteiger partial charge in [0.1, 0.15) is 5.69 Å². The SMILES string of the molecule is Cc1nc(Cl)nc(N(CCO)CCO)c1[N+](=O)[O-]. The van der Waals surface area contributed by atoms with Crippen molar-refractivity contribution in [2.24, 2.45) is 0 Å². The molecule has 0 aromatic carbocycles. The summed E-state index contributed by atoms with van der Waals surface area (Å²) in [4.78, 5) is 19.3. The first-order chi connectivity index (χ1) is 8.51. The summed E-state index contributed by atoms with van der Waals surface area (Å²) >= 11 is 5.67. The van der Waals surface area contributed by atoms with Crippen molar-refractivity contribution in [1.82, 2.24) is 9.97 Å². The molecule has 0 atom stereocenters. The average molecular weight is 277 g/mol. The molecule has 0 fully saturated rings. The first-order valence-corrected chi connectivity index (χ1v) is 5.54. The van der Waals surface area contributed by atoms with Crippen LogP contribution in [0.15, 0.2) is 0 Å². The fraction of sp³-hybridized carbons (Fsp3) is 0.556. The molecule has 0 amide bonds. The van der Waals surface area contributed by atoms with E-state index in [1.165, 1.54) is 11.8 Å². The van der Waals surface area contributed by atoms with Crippen LogP contribution in [0.2, 0.25) is 5.28 Å². The Morgan fingerprint density at radius 1 is 1.33 bits per heavy atom. The number of nitro groups is 1. The third-order valence-electron chi connectivity index (χ3n) is 2.23. The zero-order chi connectivity index (χ0) is 13.7. The lowest BCUT2D eigenvalue weighted by atomic mass is 10.3. The number of anilines is 1. The zero-order valence-electron chi connectivity index (χ0n) is 9.71. The number of aromatic nitrogens is 2. The van der Waals surface area contributed by atoms with E-state index in [1.54, 1.807) is 0 Å². The average Bonchev–Trinajstić information content (AvgIpc) is 2.26. The van der Waals surface area contributed by atoms with Crippen LogP contribution >= 0.6 is 11.6 Å². The van der Waals surface area contributed by atoms with Crippen molar-refractivity contribution in [1.29, 1.82) is 0 Å². The number of aryl methyl sites for hydroxylation is 1. The minimum absolute atomic E-state index is 0.000556. The van der Waals surface area contributed by atoms with Gasteiger partial charge in [-0.25, -0.2) is 4.98 Å². The maximum Gasteiger partial charge on any atom is 0.332 e. The van der Waals surface area contributed by atoms with Gasteiger partial charge in [-0.1, -0.05) is 0 Å². The molecule has 2 N–H and O–H groups in total. The van der Waals surface area contributed by atoms with Gasteiger partial charge in [-0.2, -0.15) is 4.98 Å². The number of rotatable bonds is 6. The minimum atomic E-state index is -0.608. The van der Waals surface area contributed by atoms with Crippen LogP contribution in [0, 0.1) is 17.0 Å². The highest BCUT2D eigenvalue weighted by Gasteiger charge is 2.25. The topological polar surface area (TPSA) is 113 Å². The lowest BCUT2D eigenvalue weighted by molar-refractivity contribution is -0.385. The quantitative estimate of drug-likeness (QED) is 0.431. The summed E-state index contributed by atoms with van der Waals surface area (Å²) in [6.07, 6.45) is 0. The van der Waals surface area contributed by atoms with E-state index in [4.69, 9.17) is 21.8 Å². The predicted molar refractivity (Wildman–Crippen MR) is 64.8 cm³/mol. The van der Waals surface area contributed by atoms with Gasteiger partial charge in [0.25, 0.3) is 0 Å². The van der Waals surface area contributed by atoms with Gasteiger partial charge in [0, 0.05) is 13.1 Å².